The molecule has 0 bridgehead atoms. The number of imidazole rings is 1. The largest absolute Gasteiger partial charge is 0.462 e. The van der Waals surface area contributed by atoms with Crippen LogP contribution in [0, 0.1) is 0 Å². The molecule has 0 aliphatic heterocycles. The molecule has 1 aromatic heterocycles. The van der Waals surface area contributed by atoms with E-state index in [0.29, 0.717) is 17.0 Å². The molecule has 0 fully saturated rings. The lowest BCUT2D eigenvalue weighted by Crippen LogP contribution is -2.39. The zero-order chi connectivity index (χ0) is 27.2. The number of nitrogens with zero attached hydrogens (tertiary/aromatic N) is 2. The molecule has 0 aliphatic carbocycles. The number of fused-ring (bicyclic) bond motifs is 1. The van der Waals surface area contributed by atoms with Crippen LogP contribution in [0.4, 0.5) is 10.7 Å². The molecule has 0 unspecified atom stereocenters. The Bertz CT molecular complexity index is 1470. The van der Waals surface area contributed by atoms with Gasteiger partial charge in [0.15, 0.2) is 0 Å². The quantitative estimate of drug-likeness (QED) is 0.218. The van der Waals surface area contributed by atoms with E-state index < -0.39 is 19.4 Å². The van der Waals surface area contributed by atoms with E-state index >= 15 is 0 Å². The van der Waals surface area contributed by atoms with Crippen LogP contribution in [0.5, 0.6) is 0 Å². The van der Waals surface area contributed by atoms with E-state index in [9.17, 15) is 9.59 Å². The Morgan fingerprint density at radius 2 is 1.26 bits per heavy atom. The molecule has 2 N–H and O–H groups in total. The first-order valence-electron chi connectivity index (χ1n) is 12.8. The fourth-order valence-electron chi connectivity index (χ4n) is 4.58. The monoisotopic (exact) mass is 537 g/mol. The van der Waals surface area contributed by atoms with Gasteiger partial charge in [0.05, 0.1) is 17.1 Å². The number of rotatable bonds is 8. The van der Waals surface area contributed by atoms with Crippen LogP contribution < -0.4 is 26.3 Å². The van der Waals surface area contributed by atoms with Crippen LogP contribution in [-0.2, 0) is 9.53 Å². The van der Waals surface area contributed by atoms with Gasteiger partial charge < -0.3 is 10.1 Å². The fraction of sp³-hybridized carbons (Fsp3) is 0.129. The van der Waals surface area contributed by atoms with Crippen LogP contribution in [0.3, 0.4) is 0 Å². The molecule has 39 heavy (non-hydrogen) atoms. The molecule has 196 valence electrons. The van der Waals surface area contributed by atoms with Crippen molar-refractivity contribution < 1.29 is 14.3 Å². The van der Waals surface area contributed by atoms with Gasteiger partial charge in [-0.25, -0.2) is 19.4 Å². The zero-order valence-electron chi connectivity index (χ0n) is 21.8. The summed E-state index contributed by atoms with van der Waals surface area (Å²) in [5.41, 5.74) is 1.29. The summed E-state index contributed by atoms with van der Waals surface area (Å²) in [6.07, 6.45) is -0.270. The van der Waals surface area contributed by atoms with Gasteiger partial charge in [0.2, 0.25) is 13.4 Å². The minimum absolute atomic E-state index is 0.251. The molecule has 0 radical (unpaired) electrons. The molecule has 0 atom stereocenters. The van der Waals surface area contributed by atoms with Crippen LogP contribution in [0.1, 0.15) is 13.8 Å². The van der Waals surface area contributed by atoms with Gasteiger partial charge in [-0.2, -0.15) is 0 Å². The van der Waals surface area contributed by atoms with E-state index in [-0.39, 0.29) is 12.6 Å². The van der Waals surface area contributed by atoms with Gasteiger partial charge in [0, 0.05) is 0 Å². The smallest absolute Gasteiger partial charge is 0.329 e. The SMILES string of the molecule is CC(C)OC(=O)CNC(=O)n1c(N[P+](c2ccccc2)(c2ccccc2)c2ccccc2)nc2ccccc21. The van der Waals surface area contributed by atoms with Crippen LogP contribution in [-0.4, -0.2) is 34.2 Å². The van der Waals surface area contributed by atoms with E-state index in [4.69, 9.17) is 9.72 Å². The van der Waals surface area contributed by atoms with Crippen molar-refractivity contribution in [2.75, 3.05) is 11.6 Å². The summed E-state index contributed by atoms with van der Waals surface area (Å²) in [7, 11) is -2.56. The van der Waals surface area contributed by atoms with Crippen LogP contribution >= 0.6 is 7.41 Å². The summed E-state index contributed by atoms with van der Waals surface area (Å²) in [5, 5.41) is 9.75. The lowest BCUT2D eigenvalue weighted by molar-refractivity contribution is -0.146. The number of ether oxygens (including phenoxy) is 1. The highest BCUT2D eigenvalue weighted by Gasteiger charge is 2.47. The standard InChI is InChI=1S/C31H29N4O3P/c1-23(2)38-29(36)22-32-31(37)35-28-21-13-12-20-27(28)33-30(35)34-39(24-14-6-3-7-15-24,25-16-8-4-9-17-25)26-18-10-5-11-19-26/h3-21,23H,22H2,1-2H3,(H-,32,33,34,37)/p+1. The Morgan fingerprint density at radius 3 is 1.77 bits per heavy atom. The highest BCUT2D eigenvalue weighted by Crippen LogP contribution is 2.54. The Morgan fingerprint density at radius 1 is 0.769 bits per heavy atom. The Balaban J connectivity index is 1.67. The highest BCUT2D eigenvalue weighted by atomic mass is 31.2. The molecule has 0 spiro atoms. The first kappa shape index (κ1) is 26.1. The van der Waals surface area contributed by atoms with Gasteiger partial charge in [-0.1, -0.05) is 66.7 Å². The van der Waals surface area contributed by atoms with Gasteiger partial charge >= 0.3 is 12.0 Å². The van der Waals surface area contributed by atoms with Crippen molar-refractivity contribution in [3.63, 3.8) is 0 Å². The summed E-state index contributed by atoms with van der Waals surface area (Å²) < 4.78 is 6.70. The van der Waals surface area contributed by atoms with Gasteiger partial charge in [-0.05, 0) is 62.4 Å². The number of amides is 1. The number of carbonyl (C=O) groups is 2. The number of hydrogen-bond acceptors (Lipinski definition) is 5. The highest BCUT2D eigenvalue weighted by molar-refractivity contribution is 7.96. The van der Waals surface area contributed by atoms with E-state index in [0.717, 1.165) is 15.9 Å². The van der Waals surface area contributed by atoms with Crippen molar-refractivity contribution in [3.05, 3.63) is 115 Å². The van der Waals surface area contributed by atoms with Crippen molar-refractivity contribution in [2.45, 2.75) is 20.0 Å². The number of carbonyl (C=O) groups excluding carboxylic acids is 2. The van der Waals surface area contributed by atoms with E-state index in [1.807, 2.05) is 78.9 Å². The number of nitrogens with one attached hydrogen (secondary N) is 2. The van der Waals surface area contributed by atoms with E-state index in [2.05, 4.69) is 46.8 Å². The van der Waals surface area contributed by atoms with Gasteiger partial charge in [-0.15, -0.1) is 0 Å². The third-order valence-electron chi connectivity index (χ3n) is 6.21. The number of benzene rings is 4. The molecule has 1 heterocycles. The number of anilines is 1. The fourth-order valence-corrected chi connectivity index (χ4v) is 8.17. The van der Waals surface area contributed by atoms with Gasteiger partial charge in [0.25, 0.3) is 0 Å². The lowest BCUT2D eigenvalue weighted by atomic mass is 10.3. The van der Waals surface area contributed by atoms with Crippen molar-refractivity contribution in [3.8, 4) is 0 Å². The number of aromatic nitrogens is 2. The number of esters is 1. The average molecular weight is 538 g/mol. The average Bonchev–Trinajstić information content (AvgIpc) is 3.33. The van der Waals surface area contributed by atoms with E-state index in [1.165, 1.54) is 4.57 Å². The predicted molar refractivity (Wildman–Crippen MR) is 159 cm³/mol. The molecule has 0 saturated heterocycles. The maximum Gasteiger partial charge on any atom is 0.329 e. The van der Waals surface area contributed by atoms with Crippen molar-refractivity contribution in [1.29, 1.82) is 0 Å². The summed E-state index contributed by atoms with van der Waals surface area (Å²) in [5.74, 6) is -0.118. The second-order valence-corrected chi connectivity index (χ2v) is 12.4. The maximum atomic E-state index is 13.6. The second-order valence-electron chi connectivity index (χ2n) is 9.25. The summed E-state index contributed by atoms with van der Waals surface area (Å²) in [4.78, 5) is 30.7. The molecule has 5 aromatic rings. The summed E-state index contributed by atoms with van der Waals surface area (Å²) >= 11 is 0. The second kappa shape index (κ2) is 11.5. The molecular formula is C31H30N4O3P+. The number of hydrogen-bond donors (Lipinski definition) is 2. The van der Waals surface area contributed by atoms with Crippen LogP contribution in [0.25, 0.3) is 11.0 Å². The third kappa shape index (κ3) is 5.40. The molecule has 0 saturated carbocycles. The Hall–Kier alpha value is -4.48. The normalized spacial score (nSPS) is 11.4. The topological polar surface area (TPSA) is 85.2 Å². The molecule has 5 rings (SSSR count). The van der Waals surface area contributed by atoms with Gasteiger partial charge in [0.1, 0.15) is 22.5 Å². The first-order valence-corrected chi connectivity index (χ1v) is 14.6. The minimum Gasteiger partial charge on any atom is -0.462 e. The third-order valence-corrected chi connectivity index (χ3v) is 9.97. The maximum absolute atomic E-state index is 13.6. The van der Waals surface area contributed by atoms with Crippen molar-refractivity contribution in [2.24, 2.45) is 0 Å². The molecule has 0 aliphatic rings. The van der Waals surface area contributed by atoms with Gasteiger partial charge in [-0.3, -0.25) is 4.79 Å². The first-order chi connectivity index (χ1) is 19.0. The molecule has 1 amide bonds. The predicted octanol–water partition coefficient (Wildman–Crippen LogP) is 4.87. The molecule has 4 aromatic carbocycles. The van der Waals surface area contributed by atoms with Crippen molar-refractivity contribution in [1.82, 2.24) is 14.9 Å². The van der Waals surface area contributed by atoms with Crippen LogP contribution in [0.2, 0.25) is 0 Å². The summed E-state index contributed by atoms with van der Waals surface area (Å²) in [6.45, 7) is 3.29. The van der Waals surface area contributed by atoms with E-state index in [1.54, 1.807) is 13.8 Å². The van der Waals surface area contributed by atoms with Crippen LogP contribution in [0.15, 0.2) is 115 Å². The summed E-state index contributed by atoms with van der Waals surface area (Å²) in [6, 6.07) is 37.7. The Labute approximate surface area is 228 Å². The zero-order valence-corrected chi connectivity index (χ0v) is 22.7. The number of para-hydroxylation sites is 2. The molecule has 7 nitrogen and oxygen atoms in total. The molecular weight excluding hydrogens is 507 g/mol. The minimum atomic E-state index is -2.56. The molecule has 8 heteroatoms. The lowest BCUT2D eigenvalue weighted by Gasteiger charge is -2.28. The Kier molecular flexibility index (Phi) is 7.71. The van der Waals surface area contributed by atoms with Crippen molar-refractivity contribution >= 4 is 52.3 Å².